The van der Waals surface area contributed by atoms with Crippen LogP contribution in [0.5, 0.6) is 0 Å². The van der Waals surface area contributed by atoms with Crippen LogP contribution in [0.1, 0.15) is 17.3 Å². The van der Waals surface area contributed by atoms with Crippen LogP contribution in [0.2, 0.25) is 0 Å². The summed E-state index contributed by atoms with van der Waals surface area (Å²) in [5.74, 6) is -2.93. The molecule has 2 rings (SSSR count). The van der Waals surface area contributed by atoms with Gasteiger partial charge in [0.05, 0.1) is 4.90 Å². The lowest BCUT2D eigenvalue weighted by atomic mass is 10.2. The second-order valence-electron chi connectivity index (χ2n) is 4.88. The van der Waals surface area contributed by atoms with Crippen LogP contribution < -0.4 is 10.0 Å². The number of anilines is 1. The van der Waals surface area contributed by atoms with Gasteiger partial charge in [-0.15, -0.1) is 0 Å². The fourth-order valence-corrected chi connectivity index (χ4v) is 3.52. The molecule has 0 fully saturated rings. The summed E-state index contributed by atoms with van der Waals surface area (Å²) in [6.07, 6.45) is 0. The zero-order chi connectivity index (χ0) is 18.4. The van der Waals surface area contributed by atoms with Crippen LogP contribution >= 0.6 is 11.8 Å². The Morgan fingerprint density at radius 2 is 1.68 bits per heavy atom. The molecule has 0 aromatic heterocycles. The average Bonchev–Trinajstić information content (AvgIpc) is 2.56. The quantitative estimate of drug-likeness (QED) is 0.714. The summed E-state index contributed by atoms with van der Waals surface area (Å²) >= 11 is 0.421. The number of thioether (sulfide) groups is 1. The Labute approximate surface area is 148 Å². The maximum atomic E-state index is 12.3. The summed E-state index contributed by atoms with van der Waals surface area (Å²) in [4.78, 5) is 12.6. The Kier molecular flexibility index (Phi) is 6.51. The summed E-state index contributed by atoms with van der Waals surface area (Å²) in [6, 6.07) is 11.5. The molecule has 134 valence electrons. The molecule has 0 aliphatic carbocycles. The first-order valence-electron chi connectivity index (χ1n) is 7.28. The van der Waals surface area contributed by atoms with Crippen molar-refractivity contribution in [3.05, 3.63) is 54.1 Å². The van der Waals surface area contributed by atoms with Crippen LogP contribution in [-0.4, -0.2) is 26.6 Å². The van der Waals surface area contributed by atoms with E-state index >= 15 is 0 Å². The monoisotopic (exact) mass is 386 g/mol. The number of sulfonamides is 1. The third kappa shape index (κ3) is 5.52. The molecule has 0 radical (unpaired) electrons. The molecule has 5 nitrogen and oxygen atoms in total. The third-order valence-electron chi connectivity index (χ3n) is 3.10. The Bertz CT molecular complexity index is 823. The van der Waals surface area contributed by atoms with E-state index in [9.17, 15) is 22.0 Å². The van der Waals surface area contributed by atoms with E-state index in [1.807, 2.05) is 0 Å². The number of nitrogens with one attached hydrogen (secondary N) is 2. The molecular weight excluding hydrogens is 370 g/mol. The molecule has 0 saturated carbocycles. The van der Waals surface area contributed by atoms with E-state index in [1.54, 1.807) is 6.92 Å². The van der Waals surface area contributed by atoms with E-state index in [1.165, 1.54) is 48.5 Å². The highest BCUT2D eigenvalue weighted by atomic mass is 32.2. The van der Waals surface area contributed by atoms with E-state index in [0.717, 1.165) is 0 Å². The number of alkyl halides is 2. The summed E-state index contributed by atoms with van der Waals surface area (Å²) in [5.41, 5.74) is 0.731. The molecule has 0 spiro atoms. The maximum absolute atomic E-state index is 12.3. The van der Waals surface area contributed by atoms with Gasteiger partial charge in [0.1, 0.15) is 0 Å². The first-order valence-corrected chi connectivity index (χ1v) is 9.64. The van der Waals surface area contributed by atoms with Gasteiger partial charge in [-0.25, -0.2) is 13.1 Å². The van der Waals surface area contributed by atoms with Crippen LogP contribution in [0, 0.1) is 0 Å². The van der Waals surface area contributed by atoms with Gasteiger partial charge in [-0.2, -0.15) is 8.78 Å². The minimum Gasteiger partial charge on any atom is -0.322 e. The van der Waals surface area contributed by atoms with Gasteiger partial charge in [-0.3, -0.25) is 4.79 Å². The molecule has 0 heterocycles. The highest BCUT2D eigenvalue weighted by Crippen LogP contribution is 2.26. The van der Waals surface area contributed by atoms with E-state index in [-0.39, 0.29) is 17.0 Å². The smallest absolute Gasteiger partial charge is 0.288 e. The first kappa shape index (κ1) is 19.4. The van der Waals surface area contributed by atoms with Crippen LogP contribution in [0.15, 0.2) is 58.3 Å². The Morgan fingerprint density at radius 3 is 2.20 bits per heavy atom. The molecule has 2 N–H and O–H groups in total. The molecule has 9 heteroatoms. The van der Waals surface area contributed by atoms with Crippen molar-refractivity contribution < 1.29 is 22.0 Å². The lowest BCUT2D eigenvalue weighted by Gasteiger charge is -2.08. The largest absolute Gasteiger partial charge is 0.322 e. The fourth-order valence-electron chi connectivity index (χ4n) is 1.98. The zero-order valence-electron chi connectivity index (χ0n) is 13.2. The van der Waals surface area contributed by atoms with Gasteiger partial charge in [0.15, 0.2) is 0 Å². The SMILES string of the molecule is CCNS(=O)(=O)c1ccc(C(=O)Nc2ccc(SC(F)F)cc2)cc1. The maximum Gasteiger partial charge on any atom is 0.288 e. The molecule has 0 bridgehead atoms. The molecule has 0 saturated heterocycles. The van der Waals surface area contributed by atoms with Crippen molar-refractivity contribution >= 4 is 33.4 Å². The van der Waals surface area contributed by atoms with Crippen LogP contribution in [0.4, 0.5) is 14.5 Å². The van der Waals surface area contributed by atoms with Crippen LogP contribution in [-0.2, 0) is 10.0 Å². The van der Waals surface area contributed by atoms with E-state index < -0.39 is 21.7 Å². The topological polar surface area (TPSA) is 75.3 Å². The molecule has 1 amide bonds. The van der Waals surface area contributed by atoms with Crippen molar-refractivity contribution in [2.45, 2.75) is 22.5 Å². The highest BCUT2D eigenvalue weighted by molar-refractivity contribution is 7.99. The van der Waals surface area contributed by atoms with E-state index in [2.05, 4.69) is 10.0 Å². The molecule has 0 aliphatic heterocycles. The van der Waals surface area contributed by atoms with Crippen LogP contribution in [0.25, 0.3) is 0 Å². The molecule has 0 aliphatic rings. The zero-order valence-corrected chi connectivity index (χ0v) is 14.8. The summed E-state index contributed by atoms with van der Waals surface area (Å²) in [7, 11) is -3.57. The normalized spacial score (nSPS) is 11.5. The highest BCUT2D eigenvalue weighted by Gasteiger charge is 2.14. The number of hydrogen-bond donors (Lipinski definition) is 2. The number of amides is 1. The summed E-state index contributed by atoms with van der Waals surface area (Å²) < 4.78 is 50.6. The minimum absolute atomic E-state index is 0.0688. The number of rotatable bonds is 7. The van der Waals surface area contributed by atoms with Gasteiger partial charge in [-0.1, -0.05) is 18.7 Å². The van der Waals surface area contributed by atoms with Gasteiger partial charge in [0.25, 0.3) is 11.7 Å². The number of halogens is 2. The van der Waals surface area contributed by atoms with Gasteiger partial charge in [-0.05, 0) is 48.5 Å². The number of benzene rings is 2. The molecule has 0 unspecified atom stereocenters. The average molecular weight is 386 g/mol. The Morgan fingerprint density at radius 1 is 1.08 bits per heavy atom. The third-order valence-corrected chi connectivity index (χ3v) is 5.38. The molecule has 0 atom stereocenters. The molecule has 2 aromatic carbocycles. The molecular formula is C16H16F2N2O3S2. The second-order valence-corrected chi connectivity index (χ2v) is 7.71. The molecule has 25 heavy (non-hydrogen) atoms. The van der Waals surface area contributed by atoms with Gasteiger partial charge in [0.2, 0.25) is 10.0 Å². The minimum atomic E-state index is -3.57. The second kappa shape index (κ2) is 8.41. The fraction of sp³-hybridized carbons (Fsp3) is 0.188. The lowest BCUT2D eigenvalue weighted by molar-refractivity contribution is 0.102. The molecule has 2 aromatic rings. The van der Waals surface area contributed by atoms with Crippen molar-refractivity contribution in [3.63, 3.8) is 0 Å². The van der Waals surface area contributed by atoms with Crippen molar-refractivity contribution in [3.8, 4) is 0 Å². The van der Waals surface area contributed by atoms with Crippen molar-refractivity contribution in [1.29, 1.82) is 0 Å². The summed E-state index contributed by atoms with van der Waals surface area (Å²) in [5, 5.41) is 2.62. The van der Waals surface area contributed by atoms with Gasteiger partial charge in [0, 0.05) is 22.7 Å². The number of hydrogen-bond acceptors (Lipinski definition) is 4. The predicted octanol–water partition coefficient (Wildman–Crippen LogP) is 3.55. The number of carbonyl (C=O) groups excluding carboxylic acids is 1. The van der Waals surface area contributed by atoms with Gasteiger partial charge < -0.3 is 5.32 Å². The van der Waals surface area contributed by atoms with Crippen molar-refractivity contribution in [1.82, 2.24) is 4.72 Å². The Balaban J connectivity index is 2.06. The van der Waals surface area contributed by atoms with Crippen LogP contribution in [0.3, 0.4) is 0 Å². The Hall–Kier alpha value is -1.97. The van der Waals surface area contributed by atoms with Crippen molar-refractivity contribution in [2.75, 3.05) is 11.9 Å². The van der Waals surface area contributed by atoms with E-state index in [4.69, 9.17) is 0 Å². The van der Waals surface area contributed by atoms with Gasteiger partial charge >= 0.3 is 0 Å². The lowest BCUT2D eigenvalue weighted by Crippen LogP contribution is -2.23. The van der Waals surface area contributed by atoms with Crippen molar-refractivity contribution in [2.24, 2.45) is 0 Å². The van der Waals surface area contributed by atoms with E-state index in [0.29, 0.717) is 22.3 Å². The standard InChI is InChI=1S/C16H16F2N2O3S2/c1-2-19-25(22,23)14-9-3-11(4-10-14)15(21)20-12-5-7-13(8-6-12)24-16(17)18/h3-10,16,19H,2H2,1H3,(H,20,21). The predicted molar refractivity (Wildman–Crippen MR) is 93.6 cm³/mol. The number of carbonyl (C=O) groups is 1. The first-order chi connectivity index (χ1) is 11.8. The summed E-state index contributed by atoms with van der Waals surface area (Å²) in [6.45, 7) is 1.94.